The van der Waals surface area contributed by atoms with Crippen molar-refractivity contribution >= 4 is 29.6 Å². The molecule has 0 heterocycles. The van der Waals surface area contributed by atoms with E-state index in [4.69, 9.17) is 11.1 Å². The summed E-state index contributed by atoms with van der Waals surface area (Å²) in [5.74, 6) is -0.0836. The highest BCUT2D eigenvalue weighted by atomic mass is 32.2. The molecule has 9 nitrogen and oxygen atoms in total. The Labute approximate surface area is 211 Å². The standard InChI is InChI=1S/C25H36N6O3S/c1-28-14-6-5-9-21(24(33)29-15-18-10-12-20(13-11-18)23(26)27)30-25(34)22(16-32)31-35-17-19-7-3-2-4-8-19/h2-4,7-8,10-13,21-22,28,31-32H,5-6,9,14-17H2,1H3,(H3,26,27)(H,29,33)(H,30,34). The number of amidine groups is 1. The van der Waals surface area contributed by atoms with Gasteiger partial charge in [-0.2, -0.15) is 0 Å². The highest BCUT2D eigenvalue weighted by Gasteiger charge is 2.25. The summed E-state index contributed by atoms with van der Waals surface area (Å²) in [6.45, 7) is 0.723. The SMILES string of the molecule is CNCCCCC(NC(=O)C(CO)NSCc1ccccc1)C(=O)NCc1ccc(C(=N)N)cc1. The van der Waals surface area contributed by atoms with E-state index in [2.05, 4.69) is 20.7 Å². The van der Waals surface area contributed by atoms with E-state index >= 15 is 0 Å². The zero-order chi connectivity index (χ0) is 25.5. The van der Waals surface area contributed by atoms with Crippen LogP contribution in [0.2, 0.25) is 0 Å². The summed E-state index contributed by atoms with van der Waals surface area (Å²) in [4.78, 5) is 25.7. The number of aliphatic hydroxyl groups is 1. The fourth-order valence-corrected chi connectivity index (χ4v) is 4.10. The van der Waals surface area contributed by atoms with Crippen molar-refractivity contribution in [2.45, 2.75) is 43.6 Å². The van der Waals surface area contributed by atoms with Crippen molar-refractivity contribution in [1.29, 1.82) is 5.41 Å². The summed E-state index contributed by atoms with van der Waals surface area (Å²) in [5.41, 5.74) is 8.05. The molecule has 2 atom stereocenters. The van der Waals surface area contributed by atoms with Crippen LogP contribution in [0.25, 0.3) is 0 Å². The molecule has 0 saturated heterocycles. The predicted molar refractivity (Wildman–Crippen MR) is 141 cm³/mol. The Bertz CT molecular complexity index is 927. The molecule has 2 aromatic carbocycles. The largest absolute Gasteiger partial charge is 0.394 e. The number of hydrogen-bond donors (Lipinski definition) is 7. The van der Waals surface area contributed by atoms with Gasteiger partial charge in [0.05, 0.1) is 6.61 Å². The lowest BCUT2D eigenvalue weighted by molar-refractivity contribution is -0.130. The van der Waals surface area contributed by atoms with E-state index in [0.717, 1.165) is 30.5 Å². The molecular weight excluding hydrogens is 464 g/mol. The molecule has 0 aromatic heterocycles. The number of nitrogens with two attached hydrogens (primary N) is 1. The Balaban J connectivity index is 1.92. The highest BCUT2D eigenvalue weighted by molar-refractivity contribution is 7.96. The Morgan fingerprint density at radius 2 is 1.71 bits per heavy atom. The maximum absolute atomic E-state index is 12.9. The zero-order valence-corrected chi connectivity index (χ0v) is 20.9. The van der Waals surface area contributed by atoms with Crippen LogP contribution in [-0.2, 0) is 21.9 Å². The van der Waals surface area contributed by atoms with Crippen molar-refractivity contribution in [1.82, 2.24) is 20.7 Å². The number of aliphatic hydroxyl groups excluding tert-OH is 1. The van der Waals surface area contributed by atoms with Crippen LogP contribution >= 0.6 is 11.9 Å². The van der Waals surface area contributed by atoms with Crippen LogP contribution in [0.1, 0.15) is 36.0 Å². The van der Waals surface area contributed by atoms with Crippen LogP contribution in [0.3, 0.4) is 0 Å². The van der Waals surface area contributed by atoms with Gasteiger partial charge in [0.15, 0.2) is 0 Å². The zero-order valence-electron chi connectivity index (χ0n) is 20.0. The molecule has 0 fully saturated rings. The molecule has 0 aliphatic carbocycles. The van der Waals surface area contributed by atoms with Gasteiger partial charge in [-0.1, -0.05) is 66.5 Å². The summed E-state index contributed by atoms with van der Waals surface area (Å²) in [7, 11) is 1.87. The molecule has 10 heteroatoms. The van der Waals surface area contributed by atoms with Gasteiger partial charge < -0.3 is 26.8 Å². The van der Waals surface area contributed by atoms with Gasteiger partial charge in [0.1, 0.15) is 17.9 Å². The smallest absolute Gasteiger partial charge is 0.242 e. The second-order valence-electron chi connectivity index (χ2n) is 8.12. The number of unbranched alkanes of at least 4 members (excludes halogenated alkanes) is 1. The van der Waals surface area contributed by atoms with Gasteiger partial charge in [0.2, 0.25) is 11.8 Å². The summed E-state index contributed by atoms with van der Waals surface area (Å²) in [6.07, 6.45) is 2.11. The first-order valence-electron chi connectivity index (χ1n) is 11.6. The third-order valence-electron chi connectivity index (χ3n) is 5.34. The average molecular weight is 501 g/mol. The Kier molecular flexibility index (Phi) is 12.8. The van der Waals surface area contributed by atoms with Gasteiger partial charge in [-0.3, -0.25) is 15.0 Å². The van der Waals surface area contributed by atoms with E-state index in [9.17, 15) is 14.7 Å². The highest BCUT2D eigenvalue weighted by Crippen LogP contribution is 2.10. The third kappa shape index (κ3) is 10.5. The minimum Gasteiger partial charge on any atom is -0.394 e. The first-order chi connectivity index (χ1) is 16.9. The van der Waals surface area contributed by atoms with Crippen LogP contribution in [0, 0.1) is 5.41 Å². The number of nitrogen functional groups attached to an aromatic ring is 1. The number of rotatable bonds is 16. The van der Waals surface area contributed by atoms with Crippen molar-refractivity contribution in [2.24, 2.45) is 5.73 Å². The van der Waals surface area contributed by atoms with Crippen molar-refractivity contribution in [3.63, 3.8) is 0 Å². The molecule has 0 bridgehead atoms. The second-order valence-corrected chi connectivity index (χ2v) is 8.93. The lowest BCUT2D eigenvalue weighted by Crippen LogP contribution is -2.52. The van der Waals surface area contributed by atoms with Crippen LogP contribution in [-0.4, -0.2) is 55.0 Å². The molecule has 2 amide bonds. The number of amides is 2. The van der Waals surface area contributed by atoms with Gasteiger partial charge in [0, 0.05) is 17.9 Å². The maximum atomic E-state index is 12.9. The summed E-state index contributed by atoms with van der Waals surface area (Å²) in [5, 5.41) is 26.0. The quantitative estimate of drug-likeness (QED) is 0.0793. The topological polar surface area (TPSA) is 152 Å². The summed E-state index contributed by atoms with van der Waals surface area (Å²) < 4.78 is 3.00. The first kappa shape index (κ1) is 28.3. The molecule has 0 radical (unpaired) electrons. The van der Waals surface area contributed by atoms with Gasteiger partial charge in [-0.25, -0.2) is 4.72 Å². The van der Waals surface area contributed by atoms with Crippen LogP contribution in [0.4, 0.5) is 0 Å². The molecule has 35 heavy (non-hydrogen) atoms. The predicted octanol–water partition coefficient (Wildman–Crippen LogP) is 1.26. The van der Waals surface area contributed by atoms with Gasteiger partial charge in [-0.15, -0.1) is 0 Å². The minimum absolute atomic E-state index is 0.0149. The molecule has 0 spiro atoms. The molecule has 8 N–H and O–H groups in total. The summed E-state index contributed by atoms with van der Waals surface area (Å²) in [6, 6.07) is 15.3. The van der Waals surface area contributed by atoms with E-state index in [1.54, 1.807) is 24.3 Å². The number of carbonyl (C=O) groups excluding carboxylic acids is 2. The molecule has 0 aliphatic rings. The number of hydrogen-bond acceptors (Lipinski definition) is 7. The molecule has 2 unspecified atom stereocenters. The van der Waals surface area contributed by atoms with Crippen LogP contribution < -0.4 is 26.4 Å². The fourth-order valence-electron chi connectivity index (χ4n) is 3.28. The Morgan fingerprint density at radius 3 is 2.34 bits per heavy atom. The average Bonchev–Trinajstić information content (AvgIpc) is 2.87. The second kappa shape index (κ2) is 15.9. The molecule has 0 aliphatic heterocycles. The van der Waals surface area contributed by atoms with Gasteiger partial charge in [-0.05, 0) is 44.0 Å². The fraction of sp³-hybridized carbons (Fsp3) is 0.400. The first-order valence-corrected chi connectivity index (χ1v) is 12.6. The third-order valence-corrected chi connectivity index (χ3v) is 6.27. The lowest BCUT2D eigenvalue weighted by atomic mass is 10.1. The summed E-state index contributed by atoms with van der Waals surface area (Å²) >= 11 is 1.33. The van der Waals surface area contributed by atoms with E-state index in [1.807, 2.05) is 37.4 Å². The molecule has 2 rings (SSSR count). The normalized spacial score (nSPS) is 12.5. The molecular formula is C25H36N6O3S. The van der Waals surface area contributed by atoms with E-state index in [-0.39, 0.29) is 24.9 Å². The Morgan fingerprint density at radius 1 is 1.00 bits per heavy atom. The van der Waals surface area contributed by atoms with E-state index in [1.165, 1.54) is 11.9 Å². The maximum Gasteiger partial charge on any atom is 0.242 e. The van der Waals surface area contributed by atoms with Crippen molar-refractivity contribution < 1.29 is 14.7 Å². The molecule has 0 saturated carbocycles. The minimum atomic E-state index is -0.838. The van der Waals surface area contributed by atoms with Crippen molar-refractivity contribution in [3.05, 3.63) is 71.3 Å². The van der Waals surface area contributed by atoms with E-state index in [0.29, 0.717) is 17.7 Å². The number of nitrogens with one attached hydrogen (secondary N) is 5. The number of carbonyl (C=O) groups is 2. The number of benzene rings is 2. The van der Waals surface area contributed by atoms with Crippen LogP contribution in [0.5, 0.6) is 0 Å². The Hall–Kier alpha value is -2.92. The lowest BCUT2D eigenvalue weighted by Gasteiger charge is -2.22. The molecule has 2 aromatic rings. The van der Waals surface area contributed by atoms with Gasteiger partial charge in [0.25, 0.3) is 0 Å². The van der Waals surface area contributed by atoms with Crippen molar-refractivity contribution in [3.8, 4) is 0 Å². The van der Waals surface area contributed by atoms with Crippen LogP contribution in [0.15, 0.2) is 54.6 Å². The van der Waals surface area contributed by atoms with Crippen molar-refractivity contribution in [2.75, 3.05) is 20.2 Å². The van der Waals surface area contributed by atoms with Gasteiger partial charge >= 0.3 is 0 Å². The molecule has 190 valence electrons. The monoisotopic (exact) mass is 500 g/mol. The van der Waals surface area contributed by atoms with E-state index < -0.39 is 18.0 Å².